The molecule has 3 aromatic rings. The number of fused-ring (bicyclic) bond motifs is 5. The molecular formula is C26H28O4. The first-order valence-electron chi connectivity index (χ1n) is 9.90. The molecule has 4 rings (SSSR count). The van der Waals surface area contributed by atoms with E-state index in [-0.39, 0.29) is 5.57 Å². The van der Waals surface area contributed by atoms with Crippen LogP contribution >= 0.6 is 0 Å². The molecular weight excluding hydrogens is 376 g/mol. The molecule has 0 amide bonds. The highest BCUT2D eigenvalue weighted by Gasteiger charge is 2.13. The van der Waals surface area contributed by atoms with Crippen LogP contribution in [0.25, 0.3) is 21.5 Å². The number of carbonyl (C=O) groups excluding carboxylic acids is 1. The lowest BCUT2D eigenvalue weighted by atomic mass is 9.86. The summed E-state index contributed by atoms with van der Waals surface area (Å²) in [6.07, 6.45) is 6.33. The van der Waals surface area contributed by atoms with Crippen LogP contribution in [0.2, 0.25) is 0 Å². The molecule has 0 spiro atoms. The van der Waals surface area contributed by atoms with Crippen molar-refractivity contribution in [3.63, 3.8) is 0 Å². The topological polar surface area (TPSA) is 63.6 Å². The van der Waals surface area contributed by atoms with Gasteiger partial charge < -0.3 is 9.84 Å². The minimum Gasteiger partial charge on any atom is -0.478 e. The first-order valence-corrected chi connectivity index (χ1v) is 9.90. The van der Waals surface area contributed by atoms with Gasteiger partial charge in [0.25, 0.3) is 0 Å². The van der Waals surface area contributed by atoms with E-state index >= 15 is 0 Å². The van der Waals surface area contributed by atoms with Gasteiger partial charge in [0.2, 0.25) is 0 Å². The molecule has 0 fully saturated rings. The van der Waals surface area contributed by atoms with Gasteiger partial charge >= 0.3 is 11.9 Å². The number of ether oxygens (including phenoxy) is 1. The summed E-state index contributed by atoms with van der Waals surface area (Å²) in [4.78, 5) is 19.4. The second-order valence-corrected chi connectivity index (χ2v) is 7.10. The molecule has 1 aliphatic carbocycles. The van der Waals surface area contributed by atoms with E-state index in [1.165, 1.54) is 61.3 Å². The third-order valence-electron chi connectivity index (χ3n) is 4.99. The molecule has 4 heteroatoms. The monoisotopic (exact) mass is 404 g/mol. The van der Waals surface area contributed by atoms with Gasteiger partial charge in [0.1, 0.15) is 0 Å². The molecule has 1 N–H and O–H groups in total. The predicted molar refractivity (Wildman–Crippen MR) is 123 cm³/mol. The fraction of sp³-hybridized carbons (Fsp3) is 0.231. The lowest BCUT2D eigenvalue weighted by Gasteiger charge is -2.18. The maximum absolute atomic E-state index is 9.84. The van der Waals surface area contributed by atoms with Gasteiger partial charge in [-0.05, 0) is 65.3 Å². The Kier molecular flexibility index (Phi) is 8.36. The fourth-order valence-corrected chi connectivity index (χ4v) is 3.43. The van der Waals surface area contributed by atoms with Crippen LogP contribution in [0.4, 0.5) is 0 Å². The zero-order chi connectivity index (χ0) is 22.1. The van der Waals surface area contributed by atoms with Crippen LogP contribution in [-0.2, 0) is 27.2 Å². The number of benzene rings is 3. The third-order valence-corrected chi connectivity index (χ3v) is 4.99. The van der Waals surface area contributed by atoms with Gasteiger partial charge in [0, 0.05) is 11.6 Å². The molecule has 1 aliphatic rings. The molecule has 0 heterocycles. The molecule has 0 unspecified atom stereocenters. The Morgan fingerprint density at radius 3 is 2.20 bits per heavy atom. The lowest BCUT2D eigenvalue weighted by molar-refractivity contribution is -0.135. The van der Waals surface area contributed by atoms with Crippen molar-refractivity contribution in [1.29, 1.82) is 0 Å². The van der Waals surface area contributed by atoms with E-state index in [1.807, 2.05) is 0 Å². The Morgan fingerprint density at radius 1 is 0.967 bits per heavy atom. The van der Waals surface area contributed by atoms with E-state index in [9.17, 15) is 9.59 Å². The number of carboxylic acids is 1. The molecule has 0 aliphatic heterocycles. The molecule has 0 atom stereocenters. The molecule has 0 radical (unpaired) electrons. The van der Waals surface area contributed by atoms with Crippen LogP contribution in [0.15, 0.2) is 73.3 Å². The highest BCUT2D eigenvalue weighted by atomic mass is 16.5. The van der Waals surface area contributed by atoms with Gasteiger partial charge in [-0.1, -0.05) is 61.7 Å². The molecule has 0 saturated carbocycles. The van der Waals surface area contributed by atoms with Crippen LogP contribution in [0.3, 0.4) is 0 Å². The van der Waals surface area contributed by atoms with Gasteiger partial charge in [0.05, 0.1) is 7.11 Å². The summed E-state index contributed by atoms with van der Waals surface area (Å²) in [5.74, 6) is -1.33. The summed E-state index contributed by atoms with van der Waals surface area (Å²) in [7, 11) is 1.31. The van der Waals surface area contributed by atoms with Crippen LogP contribution in [-0.4, -0.2) is 24.2 Å². The third kappa shape index (κ3) is 5.80. The van der Waals surface area contributed by atoms with Gasteiger partial charge in [-0.25, -0.2) is 9.59 Å². The highest BCUT2D eigenvalue weighted by molar-refractivity contribution is 6.08. The molecule has 0 saturated heterocycles. The van der Waals surface area contributed by atoms with Crippen LogP contribution in [0, 0.1) is 0 Å². The van der Waals surface area contributed by atoms with Crippen molar-refractivity contribution in [2.24, 2.45) is 0 Å². The summed E-state index contributed by atoms with van der Waals surface area (Å²) >= 11 is 0. The minimum atomic E-state index is -0.935. The number of esters is 1. The first-order chi connectivity index (χ1) is 14.4. The van der Waals surface area contributed by atoms with Crippen molar-refractivity contribution in [1.82, 2.24) is 0 Å². The normalized spacial score (nSPS) is 11.8. The zero-order valence-electron chi connectivity index (χ0n) is 17.6. The highest BCUT2D eigenvalue weighted by Crippen LogP contribution is 2.33. The van der Waals surface area contributed by atoms with Crippen molar-refractivity contribution in [3.05, 3.63) is 84.5 Å². The van der Waals surface area contributed by atoms with Crippen molar-refractivity contribution < 1.29 is 19.4 Å². The maximum Gasteiger partial charge on any atom is 0.330 e. The van der Waals surface area contributed by atoms with Gasteiger partial charge in [-0.2, -0.15) is 0 Å². The van der Waals surface area contributed by atoms with E-state index in [1.54, 1.807) is 11.1 Å². The van der Waals surface area contributed by atoms with E-state index in [0.717, 1.165) is 6.08 Å². The summed E-state index contributed by atoms with van der Waals surface area (Å²) in [6.45, 7) is 7.76. The van der Waals surface area contributed by atoms with Crippen molar-refractivity contribution in [2.45, 2.75) is 32.6 Å². The van der Waals surface area contributed by atoms with E-state index in [2.05, 4.69) is 66.4 Å². The molecule has 0 bridgehead atoms. The van der Waals surface area contributed by atoms with Crippen molar-refractivity contribution in [2.75, 3.05) is 7.11 Å². The van der Waals surface area contributed by atoms with Crippen LogP contribution < -0.4 is 0 Å². The summed E-state index contributed by atoms with van der Waals surface area (Å²) in [5, 5.41) is 13.5. The van der Waals surface area contributed by atoms with Crippen molar-refractivity contribution >= 4 is 33.5 Å². The number of hydrogen-bond acceptors (Lipinski definition) is 3. The number of carboxylic acid groups (broad SMARTS) is 1. The van der Waals surface area contributed by atoms with Crippen molar-refractivity contribution in [3.8, 4) is 0 Å². The Balaban J connectivity index is 0.000000224. The Morgan fingerprint density at radius 2 is 1.60 bits per heavy atom. The van der Waals surface area contributed by atoms with Crippen LogP contribution in [0.5, 0.6) is 0 Å². The summed E-state index contributed by atoms with van der Waals surface area (Å²) < 4.78 is 4.14. The van der Waals surface area contributed by atoms with E-state index in [4.69, 9.17) is 5.11 Å². The van der Waals surface area contributed by atoms with Crippen LogP contribution in [0.1, 0.15) is 30.9 Å². The quantitative estimate of drug-likeness (QED) is 0.330. The first kappa shape index (κ1) is 22.9. The fourth-order valence-electron chi connectivity index (χ4n) is 3.43. The minimum absolute atomic E-state index is 0.176. The Labute approximate surface area is 177 Å². The number of aliphatic carboxylic acids is 1. The standard InChI is InChI=1S/C18H16.2C4H6O2/c1-3-7-15-13(5-1)9-11-18-16-8-4-2-6-14(16)10-12-17(15)18;1-3-4(5)6-2;1-3(2)4(5)6/h1,3,5,7,9-12H,2,4,6,8H2;3H,1H2,2H3;1H2,2H3,(H,5,6). The largest absolute Gasteiger partial charge is 0.478 e. The molecule has 156 valence electrons. The summed E-state index contributed by atoms with van der Waals surface area (Å²) in [6, 6.07) is 18.0. The van der Waals surface area contributed by atoms with Gasteiger partial charge in [0.15, 0.2) is 0 Å². The number of rotatable bonds is 2. The number of aryl methyl sites for hydroxylation is 2. The molecule has 30 heavy (non-hydrogen) atoms. The number of hydrogen-bond donors (Lipinski definition) is 1. The SMILES string of the molecule is C=C(C)C(=O)O.C=CC(=O)OC.c1ccc2c(c1)ccc1c3c(ccc12)CCCC3. The maximum atomic E-state index is 9.84. The average Bonchev–Trinajstić information content (AvgIpc) is 2.78. The second kappa shape index (κ2) is 11.0. The Hall–Kier alpha value is -3.40. The zero-order valence-corrected chi connectivity index (χ0v) is 17.6. The lowest BCUT2D eigenvalue weighted by Crippen LogP contribution is -2.02. The van der Waals surface area contributed by atoms with E-state index in [0.29, 0.717) is 0 Å². The molecule has 3 aromatic carbocycles. The van der Waals surface area contributed by atoms with E-state index < -0.39 is 11.9 Å². The predicted octanol–water partition coefficient (Wildman–Crippen LogP) is 5.86. The summed E-state index contributed by atoms with van der Waals surface area (Å²) in [5.41, 5.74) is 3.35. The molecule has 0 aromatic heterocycles. The second-order valence-electron chi connectivity index (χ2n) is 7.10. The molecule has 4 nitrogen and oxygen atoms in total. The Bertz CT molecular complexity index is 1060. The smallest absolute Gasteiger partial charge is 0.330 e. The average molecular weight is 405 g/mol. The van der Waals surface area contributed by atoms with Gasteiger partial charge in [-0.15, -0.1) is 0 Å². The number of methoxy groups -OCH3 is 1. The van der Waals surface area contributed by atoms with Gasteiger partial charge in [-0.3, -0.25) is 0 Å². The number of carbonyl (C=O) groups is 2.